The van der Waals surface area contributed by atoms with Crippen molar-refractivity contribution in [3.63, 3.8) is 0 Å². The molecule has 0 aliphatic heterocycles. The molecule has 2 N–H and O–H groups in total. The van der Waals surface area contributed by atoms with Crippen LogP contribution in [-0.2, 0) is 6.18 Å². The van der Waals surface area contributed by atoms with E-state index in [1.807, 2.05) is 0 Å². The smallest absolute Gasteiger partial charge is 0.416 e. The molecule has 20 heavy (non-hydrogen) atoms. The molecule has 1 heterocycles. The maximum absolute atomic E-state index is 12.6. The average molecular weight is 282 g/mol. The summed E-state index contributed by atoms with van der Waals surface area (Å²) in [6.45, 7) is 0. The van der Waals surface area contributed by atoms with Crippen LogP contribution in [-0.4, -0.2) is 16.1 Å². The lowest BCUT2D eigenvalue weighted by Gasteiger charge is -2.10. The summed E-state index contributed by atoms with van der Waals surface area (Å²) in [7, 11) is 0. The summed E-state index contributed by atoms with van der Waals surface area (Å²) in [5.74, 6) is -1.05. The van der Waals surface area contributed by atoms with E-state index in [4.69, 9.17) is 5.11 Å². The Morgan fingerprint density at radius 3 is 2.50 bits per heavy atom. The summed E-state index contributed by atoms with van der Waals surface area (Å²) in [6.07, 6.45) is -4.44. The maximum Gasteiger partial charge on any atom is 0.416 e. The number of halogens is 3. The van der Waals surface area contributed by atoms with E-state index >= 15 is 0 Å². The summed E-state index contributed by atoms with van der Waals surface area (Å²) in [5.41, 5.74) is -0.811. The summed E-state index contributed by atoms with van der Waals surface area (Å²) in [4.78, 5) is 14.5. The Balaban J connectivity index is 2.26. The van der Waals surface area contributed by atoms with Crippen LogP contribution >= 0.6 is 0 Å². The maximum atomic E-state index is 12.6. The second kappa shape index (κ2) is 5.20. The zero-order chi connectivity index (χ0) is 14.8. The van der Waals surface area contributed by atoms with Gasteiger partial charge in [0.1, 0.15) is 5.82 Å². The number of nitrogens with zero attached hydrogens (tertiary/aromatic N) is 1. The van der Waals surface area contributed by atoms with Gasteiger partial charge < -0.3 is 10.4 Å². The Kier molecular flexibility index (Phi) is 3.60. The second-order valence-corrected chi connectivity index (χ2v) is 3.92. The third kappa shape index (κ3) is 3.25. The summed E-state index contributed by atoms with van der Waals surface area (Å²) in [5, 5.41) is 11.4. The van der Waals surface area contributed by atoms with Gasteiger partial charge in [-0.05, 0) is 30.3 Å². The monoisotopic (exact) mass is 282 g/mol. The van der Waals surface area contributed by atoms with Crippen LogP contribution in [0.25, 0.3) is 0 Å². The van der Waals surface area contributed by atoms with E-state index in [0.29, 0.717) is 0 Å². The number of alkyl halides is 3. The lowest BCUT2D eigenvalue weighted by atomic mass is 10.2. The highest BCUT2D eigenvalue weighted by Gasteiger charge is 2.30. The minimum absolute atomic E-state index is 0.157. The molecule has 0 bridgehead atoms. The zero-order valence-electron chi connectivity index (χ0n) is 9.98. The molecule has 0 spiro atoms. The molecule has 0 radical (unpaired) electrons. The molecular formula is C13H9F3N2O2. The highest BCUT2D eigenvalue weighted by Crippen LogP contribution is 2.31. The van der Waals surface area contributed by atoms with Crippen molar-refractivity contribution in [2.75, 3.05) is 5.32 Å². The third-order valence-corrected chi connectivity index (χ3v) is 2.43. The van der Waals surface area contributed by atoms with Gasteiger partial charge in [0.05, 0.1) is 5.56 Å². The van der Waals surface area contributed by atoms with Gasteiger partial charge in [0, 0.05) is 5.69 Å². The fraction of sp³-hybridized carbons (Fsp3) is 0.0769. The van der Waals surface area contributed by atoms with Crippen LogP contribution in [0.1, 0.15) is 16.1 Å². The molecule has 0 saturated heterocycles. The first-order chi connectivity index (χ1) is 9.36. The normalized spacial score (nSPS) is 11.2. The minimum Gasteiger partial charge on any atom is -0.477 e. The van der Waals surface area contributed by atoms with Crippen LogP contribution in [0.2, 0.25) is 0 Å². The van der Waals surface area contributed by atoms with Gasteiger partial charge in [0.25, 0.3) is 0 Å². The second-order valence-electron chi connectivity index (χ2n) is 3.92. The first-order valence-electron chi connectivity index (χ1n) is 5.51. The number of carboxylic acids is 1. The molecule has 0 aliphatic carbocycles. The number of pyridine rings is 1. The van der Waals surface area contributed by atoms with Crippen molar-refractivity contribution >= 4 is 17.5 Å². The van der Waals surface area contributed by atoms with Crippen LogP contribution in [0.15, 0.2) is 42.5 Å². The van der Waals surface area contributed by atoms with Crippen molar-refractivity contribution < 1.29 is 23.1 Å². The van der Waals surface area contributed by atoms with Gasteiger partial charge in [-0.25, -0.2) is 9.78 Å². The number of hydrogen-bond donors (Lipinski definition) is 2. The average Bonchev–Trinajstić information content (AvgIpc) is 2.38. The van der Waals surface area contributed by atoms with E-state index in [0.717, 1.165) is 12.1 Å². The zero-order valence-corrected chi connectivity index (χ0v) is 9.98. The molecule has 0 fully saturated rings. The van der Waals surface area contributed by atoms with E-state index in [-0.39, 0.29) is 17.2 Å². The van der Waals surface area contributed by atoms with Gasteiger partial charge in [0.15, 0.2) is 5.69 Å². The van der Waals surface area contributed by atoms with Crippen LogP contribution in [0.3, 0.4) is 0 Å². The Morgan fingerprint density at radius 2 is 1.85 bits per heavy atom. The van der Waals surface area contributed by atoms with Crippen molar-refractivity contribution in [1.82, 2.24) is 4.98 Å². The molecule has 1 aromatic carbocycles. The number of nitrogens with one attached hydrogen (secondary N) is 1. The highest BCUT2D eigenvalue weighted by atomic mass is 19.4. The molecule has 0 atom stereocenters. The first kappa shape index (κ1) is 13.9. The fourth-order valence-corrected chi connectivity index (χ4v) is 1.54. The van der Waals surface area contributed by atoms with Crippen molar-refractivity contribution in [3.05, 3.63) is 53.7 Å². The largest absolute Gasteiger partial charge is 0.477 e. The fourth-order valence-electron chi connectivity index (χ4n) is 1.54. The number of rotatable bonds is 3. The summed E-state index contributed by atoms with van der Waals surface area (Å²) in [6, 6.07) is 8.77. The van der Waals surface area contributed by atoms with Gasteiger partial charge in [-0.3, -0.25) is 0 Å². The number of benzene rings is 1. The van der Waals surface area contributed by atoms with Gasteiger partial charge in [-0.2, -0.15) is 13.2 Å². The molecular weight excluding hydrogens is 273 g/mol. The van der Waals surface area contributed by atoms with Crippen molar-refractivity contribution in [2.45, 2.75) is 6.18 Å². The first-order valence-corrected chi connectivity index (χ1v) is 5.51. The molecule has 1 aromatic heterocycles. The Labute approximate surface area is 111 Å². The molecule has 4 nitrogen and oxygen atoms in total. The summed E-state index contributed by atoms with van der Waals surface area (Å²) < 4.78 is 37.7. The molecule has 104 valence electrons. The SMILES string of the molecule is O=C(O)c1cccc(Nc2cccc(C(F)(F)F)c2)n1. The molecule has 0 amide bonds. The number of anilines is 2. The van der Waals surface area contributed by atoms with Gasteiger partial charge in [0.2, 0.25) is 0 Å². The number of aromatic carboxylic acids is 1. The molecule has 0 unspecified atom stereocenters. The van der Waals surface area contributed by atoms with E-state index < -0.39 is 17.7 Å². The number of carbonyl (C=O) groups is 1. The van der Waals surface area contributed by atoms with Gasteiger partial charge >= 0.3 is 12.1 Å². The van der Waals surface area contributed by atoms with Crippen LogP contribution in [0.4, 0.5) is 24.7 Å². The highest BCUT2D eigenvalue weighted by molar-refractivity contribution is 5.85. The summed E-state index contributed by atoms with van der Waals surface area (Å²) >= 11 is 0. The minimum atomic E-state index is -4.44. The van der Waals surface area contributed by atoms with Gasteiger partial charge in [-0.15, -0.1) is 0 Å². The van der Waals surface area contributed by atoms with Crippen LogP contribution in [0.5, 0.6) is 0 Å². The van der Waals surface area contributed by atoms with E-state index in [1.165, 1.54) is 30.3 Å². The third-order valence-electron chi connectivity index (χ3n) is 2.43. The molecule has 0 saturated carbocycles. The predicted octanol–water partition coefficient (Wildman–Crippen LogP) is 3.54. The lowest BCUT2D eigenvalue weighted by molar-refractivity contribution is -0.137. The number of carboxylic acid groups (broad SMARTS) is 1. The molecule has 7 heteroatoms. The number of aromatic nitrogens is 1. The number of hydrogen-bond acceptors (Lipinski definition) is 3. The van der Waals surface area contributed by atoms with E-state index in [9.17, 15) is 18.0 Å². The molecule has 2 aromatic rings. The molecule has 0 aliphatic rings. The van der Waals surface area contributed by atoms with Crippen molar-refractivity contribution in [1.29, 1.82) is 0 Å². The standard InChI is InChI=1S/C13H9F3N2O2/c14-13(15,16)8-3-1-4-9(7-8)17-11-6-2-5-10(18-11)12(19)20/h1-7H,(H,17,18)(H,19,20). The van der Waals surface area contributed by atoms with Crippen molar-refractivity contribution in [3.8, 4) is 0 Å². The van der Waals surface area contributed by atoms with Gasteiger partial charge in [-0.1, -0.05) is 12.1 Å². The Morgan fingerprint density at radius 1 is 1.15 bits per heavy atom. The molecule has 2 rings (SSSR count). The predicted molar refractivity (Wildman–Crippen MR) is 65.9 cm³/mol. The Hall–Kier alpha value is -2.57. The van der Waals surface area contributed by atoms with Crippen LogP contribution in [0, 0.1) is 0 Å². The van der Waals surface area contributed by atoms with E-state index in [1.54, 1.807) is 0 Å². The topological polar surface area (TPSA) is 62.2 Å². The lowest BCUT2D eigenvalue weighted by Crippen LogP contribution is -2.06. The Bertz CT molecular complexity index is 642. The van der Waals surface area contributed by atoms with E-state index in [2.05, 4.69) is 10.3 Å². The quantitative estimate of drug-likeness (QED) is 0.903. The van der Waals surface area contributed by atoms with Crippen molar-refractivity contribution in [2.24, 2.45) is 0 Å². The van der Waals surface area contributed by atoms with Crippen LogP contribution < -0.4 is 5.32 Å².